The SMILES string of the molecule is C=CCOC(=O)C1=C(CC2CCCCO2)S[C@@H]2[C@@H]([C@@H](C)O)C(=O)N12. The van der Waals surface area contributed by atoms with Gasteiger partial charge in [-0.05, 0) is 26.2 Å². The molecule has 3 heterocycles. The Morgan fingerprint density at radius 2 is 2.38 bits per heavy atom. The molecule has 3 aliphatic heterocycles. The minimum atomic E-state index is -0.734. The van der Waals surface area contributed by atoms with Crippen molar-refractivity contribution in [3.63, 3.8) is 0 Å². The van der Waals surface area contributed by atoms with Gasteiger partial charge in [0, 0.05) is 17.9 Å². The van der Waals surface area contributed by atoms with E-state index in [1.54, 1.807) is 6.92 Å². The van der Waals surface area contributed by atoms with Crippen molar-refractivity contribution in [2.75, 3.05) is 13.2 Å². The minimum absolute atomic E-state index is 0.0715. The number of rotatable bonds is 6. The van der Waals surface area contributed by atoms with Crippen LogP contribution >= 0.6 is 11.8 Å². The van der Waals surface area contributed by atoms with Crippen LogP contribution in [0.4, 0.5) is 0 Å². The maximum absolute atomic E-state index is 12.4. The van der Waals surface area contributed by atoms with Crippen molar-refractivity contribution in [2.45, 2.75) is 50.2 Å². The van der Waals surface area contributed by atoms with E-state index in [0.717, 1.165) is 30.8 Å². The zero-order valence-electron chi connectivity index (χ0n) is 13.8. The third-order valence-corrected chi connectivity index (χ3v) is 5.97. The zero-order chi connectivity index (χ0) is 17.3. The summed E-state index contributed by atoms with van der Waals surface area (Å²) in [4.78, 5) is 27.1. The standard InChI is InChI=1S/C17H23NO5S/c1-3-7-23-17(21)14-12(9-11-6-4-5-8-22-11)24-16-13(10(2)19)15(20)18(14)16/h3,10-11,13,16,19H,1,4-9H2,2H3/t10-,11?,13+,16-/m1/s1. The highest BCUT2D eigenvalue weighted by Crippen LogP contribution is 2.52. The number of carbonyl (C=O) groups is 2. The number of hydrogen-bond acceptors (Lipinski definition) is 6. The van der Waals surface area contributed by atoms with Crippen LogP contribution in [0.15, 0.2) is 23.3 Å². The summed E-state index contributed by atoms with van der Waals surface area (Å²) in [6.07, 6.45) is 4.57. The van der Waals surface area contributed by atoms with Gasteiger partial charge in [-0.15, -0.1) is 11.8 Å². The summed E-state index contributed by atoms with van der Waals surface area (Å²) in [5.41, 5.74) is 0.322. The summed E-state index contributed by atoms with van der Waals surface area (Å²) in [6.45, 7) is 5.99. The zero-order valence-corrected chi connectivity index (χ0v) is 14.6. The van der Waals surface area contributed by atoms with Gasteiger partial charge in [0.25, 0.3) is 0 Å². The number of nitrogens with zero attached hydrogens (tertiary/aromatic N) is 1. The monoisotopic (exact) mass is 353 g/mol. The number of amides is 1. The average Bonchev–Trinajstić information content (AvgIpc) is 2.87. The van der Waals surface area contributed by atoms with Crippen molar-refractivity contribution >= 4 is 23.6 Å². The van der Waals surface area contributed by atoms with Crippen LogP contribution in [0.25, 0.3) is 0 Å². The van der Waals surface area contributed by atoms with Crippen LogP contribution in [-0.4, -0.2) is 52.7 Å². The first-order chi connectivity index (χ1) is 11.5. The van der Waals surface area contributed by atoms with Crippen molar-refractivity contribution in [1.82, 2.24) is 4.90 Å². The Kier molecular flexibility index (Phi) is 5.32. The van der Waals surface area contributed by atoms with Gasteiger partial charge in [-0.3, -0.25) is 9.69 Å². The minimum Gasteiger partial charge on any atom is -0.457 e. The number of aliphatic hydroxyl groups is 1. The third-order valence-electron chi connectivity index (χ3n) is 4.58. The topological polar surface area (TPSA) is 76.1 Å². The molecule has 1 N–H and O–H groups in total. The molecule has 0 aromatic carbocycles. The van der Waals surface area contributed by atoms with E-state index in [1.807, 2.05) is 0 Å². The Morgan fingerprint density at radius 1 is 1.58 bits per heavy atom. The van der Waals surface area contributed by atoms with Crippen LogP contribution in [0.3, 0.4) is 0 Å². The van der Waals surface area contributed by atoms with Gasteiger partial charge in [-0.25, -0.2) is 4.79 Å². The van der Waals surface area contributed by atoms with E-state index in [9.17, 15) is 14.7 Å². The number of thioether (sulfide) groups is 1. The quantitative estimate of drug-likeness (QED) is 0.446. The summed E-state index contributed by atoms with van der Waals surface area (Å²) in [7, 11) is 0. The number of carbonyl (C=O) groups excluding carboxylic acids is 2. The van der Waals surface area contributed by atoms with E-state index in [-0.39, 0.29) is 24.0 Å². The maximum atomic E-state index is 12.4. The van der Waals surface area contributed by atoms with Crippen LogP contribution < -0.4 is 0 Å². The summed E-state index contributed by atoms with van der Waals surface area (Å²) in [5, 5.41) is 9.61. The number of β-lactam (4-membered cyclic amide) rings is 1. The first kappa shape index (κ1) is 17.5. The van der Waals surface area contributed by atoms with Crippen molar-refractivity contribution in [3.05, 3.63) is 23.3 Å². The molecule has 1 amide bonds. The van der Waals surface area contributed by atoms with Gasteiger partial charge in [-0.2, -0.15) is 0 Å². The van der Waals surface area contributed by atoms with Crippen LogP contribution in [-0.2, 0) is 19.1 Å². The second kappa shape index (κ2) is 7.29. The molecular formula is C17H23NO5S. The molecule has 1 unspecified atom stereocenters. The van der Waals surface area contributed by atoms with Gasteiger partial charge in [0.1, 0.15) is 17.7 Å². The molecule has 2 saturated heterocycles. The van der Waals surface area contributed by atoms with E-state index in [2.05, 4.69) is 6.58 Å². The molecule has 0 bridgehead atoms. The highest BCUT2D eigenvalue weighted by molar-refractivity contribution is 8.04. The van der Waals surface area contributed by atoms with E-state index in [4.69, 9.17) is 9.47 Å². The number of aliphatic hydroxyl groups excluding tert-OH is 1. The summed E-state index contributed by atoms with van der Waals surface area (Å²) in [5.74, 6) is -1.19. The lowest BCUT2D eigenvalue weighted by atomic mass is 9.92. The summed E-state index contributed by atoms with van der Waals surface area (Å²) >= 11 is 1.48. The normalized spacial score (nSPS) is 30.7. The highest BCUT2D eigenvalue weighted by atomic mass is 32.2. The average molecular weight is 353 g/mol. The molecule has 7 heteroatoms. The molecule has 2 fully saturated rings. The summed E-state index contributed by atoms with van der Waals surface area (Å²) < 4.78 is 10.9. The molecule has 3 rings (SSSR count). The maximum Gasteiger partial charge on any atom is 0.356 e. The second-order valence-electron chi connectivity index (χ2n) is 6.33. The first-order valence-corrected chi connectivity index (χ1v) is 9.23. The number of esters is 1. The van der Waals surface area contributed by atoms with Crippen molar-refractivity contribution in [3.8, 4) is 0 Å². The molecule has 0 radical (unpaired) electrons. The molecule has 4 atom stereocenters. The van der Waals surface area contributed by atoms with E-state index in [0.29, 0.717) is 12.1 Å². The fraction of sp³-hybridized carbons (Fsp3) is 0.647. The Balaban J connectivity index is 1.80. The molecule has 3 aliphatic rings. The number of ether oxygens (including phenoxy) is 2. The lowest BCUT2D eigenvalue weighted by Crippen LogP contribution is -2.60. The molecule has 0 aromatic heterocycles. The fourth-order valence-corrected chi connectivity index (χ4v) is 5.04. The molecule has 0 aliphatic carbocycles. The van der Waals surface area contributed by atoms with Gasteiger partial charge in [0.15, 0.2) is 0 Å². The molecule has 0 spiro atoms. The van der Waals surface area contributed by atoms with E-state index < -0.39 is 18.0 Å². The highest BCUT2D eigenvalue weighted by Gasteiger charge is 2.57. The molecular weight excluding hydrogens is 330 g/mol. The van der Waals surface area contributed by atoms with Crippen molar-refractivity contribution in [1.29, 1.82) is 0 Å². The predicted octanol–water partition coefficient (Wildman–Crippen LogP) is 1.80. The third kappa shape index (κ3) is 3.12. The Morgan fingerprint density at radius 3 is 3.00 bits per heavy atom. The van der Waals surface area contributed by atoms with Crippen molar-refractivity contribution in [2.24, 2.45) is 5.92 Å². The molecule has 0 aromatic rings. The molecule has 24 heavy (non-hydrogen) atoms. The van der Waals surface area contributed by atoms with Gasteiger partial charge >= 0.3 is 5.97 Å². The van der Waals surface area contributed by atoms with E-state index >= 15 is 0 Å². The lowest BCUT2D eigenvalue weighted by molar-refractivity contribution is -0.158. The van der Waals surface area contributed by atoms with Crippen LogP contribution in [0, 0.1) is 5.92 Å². The van der Waals surface area contributed by atoms with Crippen LogP contribution in [0.1, 0.15) is 32.6 Å². The predicted molar refractivity (Wildman–Crippen MR) is 89.8 cm³/mol. The number of hydrogen-bond donors (Lipinski definition) is 1. The second-order valence-corrected chi connectivity index (χ2v) is 7.55. The van der Waals surface area contributed by atoms with Crippen LogP contribution in [0.5, 0.6) is 0 Å². The first-order valence-electron chi connectivity index (χ1n) is 8.35. The smallest absolute Gasteiger partial charge is 0.356 e. The Bertz CT molecular complexity index is 567. The largest absolute Gasteiger partial charge is 0.457 e. The molecule has 132 valence electrons. The summed E-state index contributed by atoms with van der Waals surface area (Å²) in [6, 6.07) is 0. The van der Waals surface area contributed by atoms with Crippen molar-refractivity contribution < 1.29 is 24.2 Å². The lowest BCUT2D eigenvalue weighted by Gasteiger charge is -2.43. The van der Waals surface area contributed by atoms with Gasteiger partial charge in [0.2, 0.25) is 5.91 Å². The van der Waals surface area contributed by atoms with Gasteiger partial charge in [-0.1, -0.05) is 12.7 Å². The molecule has 6 nitrogen and oxygen atoms in total. The van der Waals surface area contributed by atoms with Gasteiger partial charge in [0.05, 0.1) is 18.1 Å². The molecule has 0 saturated carbocycles. The fourth-order valence-electron chi connectivity index (χ4n) is 3.37. The van der Waals surface area contributed by atoms with Crippen LogP contribution in [0.2, 0.25) is 0 Å². The Hall–Kier alpha value is -1.31. The Labute approximate surface area is 145 Å². The number of fused-ring (bicyclic) bond motifs is 1. The van der Waals surface area contributed by atoms with Gasteiger partial charge < -0.3 is 14.6 Å². The van der Waals surface area contributed by atoms with E-state index in [1.165, 1.54) is 22.7 Å².